The zero-order valence-electron chi connectivity index (χ0n) is 13.7. The minimum absolute atomic E-state index is 0.0653. The van der Waals surface area contributed by atoms with Gasteiger partial charge in [0.2, 0.25) is 0 Å². The van der Waals surface area contributed by atoms with Crippen molar-refractivity contribution in [3.63, 3.8) is 0 Å². The normalized spacial score (nSPS) is 11.9. The molecule has 0 fully saturated rings. The molecule has 130 valence electrons. The Balaban J connectivity index is 1.50. The molecule has 3 rings (SSSR count). The summed E-state index contributed by atoms with van der Waals surface area (Å²) in [5.41, 5.74) is 1.79. The third kappa shape index (κ3) is 4.45. The van der Waals surface area contributed by atoms with Gasteiger partial charge in [-0.15, -0.1) is 0 Å². The summed E-state index contributed by atoms with van der Waals surface area (Å²) in [6, 6.07) is 10.6. The smallest absolute Gasteiger partial charge is 0.315 e. The van der Waals surface area contributed by atoms with E-state index in [4.69, 9.17) is 4.42 Å². The molecule has 2 amide bonds. The van der Waals surface area contributed by atoms with E-state index < -0.39 is 6.10 Å². The molecular formula is C17H19N5O3. The number of benzene rings is 1. The highest BCUT2D eigenvalue weighted by Gasteiger charge is 2.11. The van der Waals surface area contributed by atoms with Crippen LogP contribution in [0.4, 0.5) is 4.79 Å². The second-order valence-electron chi connectivity index (χ2n) is 5.54. The summed E-state index contributed by atoms with van der Waals surface area (Å²) >= 11 is 0. The van der Waals surface area contributed by atoms with Crippen LogP contribution in [0.2, 0.25) is 0 Å². The summed E-state index contributed by atoms with van der Waals surface area (Å²) in [4.78, 5) is 16.1. The van der Waals surface area contributed by atoms with Gasteiger partial charge in [-0.25, -0.2) is 9.78 Å². The minimum Gasteiger partial charge on any atom is -0.467 e. The van der Waals surface area contributed by atoms with Gasteiger partial charge in [0.15, 0.2) is 5.82 Å². The van der Waals surface area contributed by atoms with Gasteiger partial charge in [0.1, 0.15) is 17.7 Å². The molecule has 1 aromatic carbocycles. The van der Waals surface area contributed by atoms with E-state index in [0.29, 0.717) is 18.1 Å². The van der Waals surface area contributed by atoms with Crippen molar-refractivity contribution in [2.75, 3.05) is 6.54 Å². The van der Waals surface area contributed by atoms with E-state index in [1.165, 1.54) is 6.26 Å². The van der Waals surface area contributed by atoms with Gasteiger partial charge < -0.3 is 20.2 Å². The molecular weight excluding hydrogens is 322 g/mol. The highest BCUT2D eigenvalue weighted by Crippen LogP contribution is 2.16. The van der Waals surface area contributed by atoms with E-state index >= 15 is 0 Å². The Labute approximate surface area is 144 Å². The minimum atomic E-state index is -0.877. The number of aliphatic hydroxyl groups excluding tert-OH is 1. The Bertz CT molecular complexity index is 828. The molecule has 25 heavy (non-hydrogen) atoms. The summed E-state index contributed by atoms with van der Waals surface area (Å²) in [6.45, 7) is 2.25. The number of H-pyrrole nitrogens is 1. The zero-order chi connectivity index (χ0) is 17.6. The van der Waals surface area contributed by atoms with E-state index in [-0.39, 0.29) is 12.6 Å². The number of hydrogen-bond acceptors (Lipinski definition) is 5. The first-order valence-corrected chi connectivity index (χ1v) is 7.83. The molecule has 8 heteroatoms. The number of amides is 2. The molecule has 2 aromatic heterocycles. The summed E-state index contributed by atoms with van der Waals surface area (Å²) < 4.78 is 5.08. The van der Waals surface area contributed by atoms with Crippen molar-refractivity contribution in [3.05, 3.63) is 59.8 Å². The number of hydrogen-bond donors (Lipinski definition) is 4. The third-order valence-electron chi connectivity index (χ3n) is 3.56. The molecule has 0 aliphatic carbocycles. The molecule has 0 bridgehead atoms. The highest BCUT2D eigenvalue weighted by molar-refractivity contribution is 5.73. The fourth-order valence-electron chi connectivity index (χ4n) is 2.31. The van der Waals surface area contributed by atoms with Gasteiger partial charge in [-0.3, -0.25) is 5.10 Å². The van der Waals surface area contributed by atoms with Crippen LogP contribution in [0.5, 0.6) is 0 Å². The fraction of sp³-hybridized carbons (Fsp3) is 0.235. The molecule has 4 N–H and O–H groups in total. The lowest BCUT2D eigenvalue weighted by atomic mass is 10.1. The standard InChI is InChI=1S/C17H19N5O3/c1-11-20-16(22-21-11)13-5-2-4-12(8-13)9-18-17(24)19-10-14(23)15-6-3-7-25-15/h2-8,14,23H,9-10H2,1H3,(H2,18,19,24)(H,20,21,22). The Morgan fingerprint density at radius 3 is 2.92 bits per heavy atom. The number of rotatable bonds is 6. The quantitative estimate of drug-likeness (QED) is 0.546. The van der Waals surface area contributed by atoms with Gasteiger partial charge in [0, 0.05) is 12.1 Å². The van der Waals surface area contributed by atoms with Crippen molar-refractivity contribution >= 4 is 6.03 Å². The van der Waals surface area contributed by atoms with E-state index in [1.807, 2.05) is 31.2 Å². The van der Waals surface area contributed by atoms with Crippen molar-refractivity contribution in [2.24, 2.45) is 0 Å². The fourth-order valence-corrected chi connectivity index (χ4v) is 2.31. The number of nitrogens with zero attached hydrogens (tertiary/aromatic N) is 2. The van der Waals surface area contributed by atoms with Crippen molar-refractivity contribution < 1.29 is 14.3 Å². The summed E-state index contributed by atoms with van der Waals surface area (Å²) in [7, 11) is 0. The van der Waals surface area contributed by atoms with Crippen molar-refractivity contribution in [2.45, 2.75) is 19.6 Å². The lowest BCUT2D eigenvalue weighted by Crippen LogP contribution is -2.37. The number of urea groups is 1. The van der Waals surface area contributed by atoms with Crippen LogP contribution < -0.4 is 10.6 Å². The van der Waals surface area contributed by atoms with Crippen molar-refractivity contribution in [1.29, 1.82) is 0 Å². The van der Waals surface area contributed by atoms with Gasteiger partial charge in [-0.05, 0) is 30.7 Å². The van der Waals surface area contributed by atoms with Crippen LogP contribution in [-0.2, 0) is 6.54 Å². The van der Waals surface area contributed by atoms with E-state index in [1.54, 1.807) is 12.1 Å². The van der Waals surface area contributed by atoms with Crippen LogP contribution in [0, 0.1) is 6.92 Å². The first kappa shape index (κ1) is 16.7. The van der Waals surface area contributed by atoms with Gasteiger partial charge in [-0.2, -0.15) is 5.10 Å². The van der Waals surface area contributed by atoms with Gasteiger partial charge in [0.25, 0.3) is 0 Å². The van der Waals surface area contributed by atoms with E-state index in [2.05, 4.69) is 25.8 Å². The maximum absolute atomic E-state index is 11.9. The van der Waals surface area contributed by atoms with Crippen LogP contribution in [0.3, 0.4) is 0 Å². The topological polar surface area (TPSA) is 116 Å². The maximum Gasteiger partial charge on any atom is 0.315 e. The average Bonchev–Trinajstić information content (AvgIpc) is 3.30. The average molecular weight is 341 g/mol. The predicted octanol–water partition coefficient (Wildman–Crippen LogP) is 1.91. The van der Waals surface area contributed by atoms with Crippen LogP contribution in [-0.4, -0.2) is 32.9 Å². The Morgan fingerprint density at radius 1 is 1.32 bits per heavy atom. The second kappa shape index (κ2) is 7.63. The van der Waals surface area contributed by atoms with Crippen LogP contribution in [0.15, 0.2) is 47.1 Å². The number of nitrogens with one attached hydrogen (secondary N) is 3. The Morgan fingerprint density at radius 2 is 2.20 bits per heavy atom. The predicted molar refractivity (Wildman–Crippen MR) is 90.5 cm³/mol. The first-order chi connectivity index (χ1) is 12.1. The Kier molecular flexibility index (Phi) is 5.10. The lowest BCUT2D eigenvalue weighted by molar-refractivity contribution is 0.148. The number of aromatic amines is 1. The summed E-state index contributed by atoms with van der Waals surface area (Å²) in [5, 5.41) is 22.1. The lowest BCUT2D eigenvalue weighted by Gasteiger charge is -2.11. The number of aromatic nitrogens is 3. The number of aryl methyl sites for hydroxylation is 1. The number of carbonyl (C=O) groups excluding carboxylic acids is 1. The molecule has 0 radical (unpaired) electrons. The Hall–Kier alpha value is -3.13. The second-order valence-corrected chi connectivity index (χ2v) is 5.54. The summed E-state index contributed by atoms with van der Waals surface area (Å²) in [6.07, 6.45) is 0.597. The first-order valence-electron chi connectivity index (χ1n) is 7.83. The molecule has 1 atom stereocenters. The molecule has 0 spiro atoms. The third-order valence-corrected chi connectivity index (χ3v) is 3.56. The number of furan rings is 1. The van der Waals surface area contributed by atoms with Crippen molar-refractivity contribution in [1.82, 2.24) is 25.8 Å². The largest absolute Gasteiger partial charge is 0.467 e. The molecule has 0 saturated carbocycles. The maximum atomic E-state index is 11.9. The molecule has 0 saturated heterocycles. The van der Waals surface area contributed by atoms with E-state index in [9.17, 15) is 9.90 Å². The summed E-state index contributed by atoms with van der Waals surface area (Å²) in [5.74, 6) is 1.77. The molecule has 1 unspecified atom stereocenters. The number of carbonyl (C=O) groups is 1. The molecule has 0 aliphatic rings. The molecule has 8 nitrogen and oxygen atoms in total. The van der Waals surface area contributed by atoms with Crippen LogP contribution in [0.1, 0.15) is 23.3 Å². The highest BCUT2D eigenvalue weighted by atomic mass is 16.4. The molecule has 0 aliphatic heterocycles. The molecule has 3 aromatic rings. The zero-order valence-corrected chi connectivity index (χ0v) is 13.7. The van der Waals surface area contributed by atoms with Gasteiger partial charge >= 0.3 is 6.03 Å². The van der Waals surface area contributed by atoms with E-state index in [0.717, 1.165) is 17.0 Å². The van der Waals surface area contributed by atoms with Crippen LogP contribution >= 0.6 is 0 Å². The van der Waals surface area contributed by atoms with Crippen LogP contribution in [0.25, 0.3) is 11.4 Å². The number of aliphatic hydroxyl groups is 1. The van der Waals surface area contributed by atoms with Gasteiger partial charge in [-0.1, -0.05) is 18.2 Å². The monoisotopic (exact) mass is 341 g/mol. The van der Waals surface area contributed by atoms with Crippen molar-refractivity contribution in [3.8, 4) is 11.4 Å². The SMILES string of the molecule is Cc1nc(-c2cccc(CNC(=O)NCC(O)c3ccco3)c2)n[nH]1. The van der Waals surface area contributed by atoms with Gasteiger partial charge in [0.05, 0.1) is 12.8 Å². The molecule has 2 heterocycles.